The molecule has 1 aliphatic carbocycles. The van der Waals surface area contributed by atoms with Crippen LogP contribution in [0.2, 0.25) is 0 Å². The number of rotatable bonds is 8. The molecule has 0 saturated heterocycles. The molecule has 1 fully saturated rings. The summed E-state index contributed by atoms with van der Waals surface area (Å²) in [5.74, 6) is -0.176. The molecule has 120 valence electrons. The summed E-state index contributed by atoms with van der Waals surface area (Å²) in [5.41, 5.74) is 8.54. The van der Waals surface area contributed by atoms with Gasteiger partial charge in [-0.05, 0) is 24.4 Å². The quantitative estimate of drug-likeness (QED) is 0.318. The first-order chi connectivity index (χ1) is 10.7. The summed E-state index contributed by atoms with van der Waals surface area (Å²) >= 11 is 0. The van der Waals surface area contributed by atoms with Crippen molar-refractivity contribution in [2.75, 3.05) is 27.8 Å². The number of halogens is 1. The zero-order valence-corrected chi connectivity index (χ0v) is 12.5. The average molecular weight is 311 g/mol. The molecule has 1 saturated carbocycles. The summed E-state index contributed by atoms with van der Waals surface area (Å²) in [5, 5.41) is 3.86. The van der Waals surface area contributed by atoms with Crippen molar-refractivity contribution in [1.82, 2.24) is 0 Å². The smallest absolute Gasteiger partial charge is 0.188 e. The van der Waals surface area contributed by atoms with E-state index in [1.54, 1.807) is 0 Å². The Balaban J connectivity index is 2.42. The van der Waals surface area contributed by atoms with Gasteiger partial charge in [0.2, 0.25) is 0 Å². The zero-order chi connectivity index (χ0) is 16.0. The van der Waals surface area contributed by atoms with E-state index in [2.05, 4.69) is 10.0 Å². The van der Waals surface area contributed by atoms with Gasteiger partial charge in [-0.1, -0.05) is 11.5 Å². The van der Waals surface area contributed by atoms with Gasteiger partial charge in [0.05, 0.1) is 5.54 Å². The molecule has 7 nitrogen and oxygen atoms in total. The fourth-order valence-corrected chi connectivity index (χ4v) is 2.39. The molecular weight excluding hydrogens is 293 g/mol. The number of hydrogen-bond donors (Lipinski definition) is 0. The molecule has 0 radical (unpaired) electrons. The molecule has 8 heteroatoms. The van der Waals surface area contributed by atoms with E-state index in [1.165, 1.54) is 26.4 Å². The maximum atomic E-state index is 14.2. The molecule has 0 atom stereocenters. The van der Waals surface area contributed by atoms with Gasteiger partial charge in [0.25, 0.3) is 0 Å². The van der Waals surface area contributed by atoms with Gasteiger partial charge in [-0.2, -0.15) is 0 Å². The van der Waals surface area contributed by atoms with Gasteiger partial charge in [0, 0.05) is 30.8 Å². The monoisotopic (exact) mass is 311 g/mol. The Morgan fingerprint density at radius 3 is 2.32 bits per heavy atom. The van der Waals surface area contributed by atoms with E-state index >= 15 is 0 Å². The summed E-state index contributed by atoms with van der Waals surface area (Å²) in [4.78, 5) is 2.89. The van der Waals surface area contributed by atoms with Gasteiger partial charge >= 0.3 is 0 Å². The third kappa shape index (κ3) is 3.24. The molecule has 0 spiro atoms. The van der Waals surface area contributed by atoms with Crippen LogP contribution >= 0.6 is 0 Å². The van der Waals surface area contributed by atoms with Crippen LogP contribution in [0.4, 0.5) is 4.39 Å². The summed E-state index contributed by atoms with van der Waals surface area (Å²) in [6.45, 7) is -0.0871. The normalized spacial score (nSPS) is 15.6. The minimum atomic E-state index is -0.765. The van der Waals surface area contributed by atoms with Gasteiger partial charge < -0.3 is 18.9 Å². The highest BCUT2D eigenvalue weighted by Crippen LogP contribution is 2.49. The van der Waals surface area contributed by atoms with Gasteiger partial charge in [-0.15, -0.1) is 0 Å². The van der Waals surface area contributed by atoms with Crippen LogP contribution in [0.15, 0.2) is 17.2 Å². The van der Waals surface area contributed by atoms with E-state index in [0.717, 1.165) is 6.42 Å². The molecular formula is C14H18FN3O4. The van der Waals surface area contributed by atoms with Crippen molar-refractivity contribution >= 4 is 0 Å². The minimum absolute atomic E-state index is 0.00526. The lowest BCUT2D eigenvalue weighted by Crippen LogP contribution is -2.32. The number of ether oxygens (including phenoxy) is 4. The zero-order valence-electron chi connectivity index (χ0n) is 12.5. The lowest BCUT2D eigenvalue weighted by molar-refractivity contribution is 0.0424. The van der Waals surface area contributed by atoms with Crippen LogP contribution < -0.4 is 9.47 Å². The average Bonchev–Trinajstić information content (AvgIpc) is 2.48. The maximum Gasteiger partial charge on any atom is 0.188 e. The number of methoxy groups -OCH3 is 2. The Hall–Kier alpha value is -2.02. The molecule has 0 aromatic heterocycles. The third-order valence-electron chi connectivity index (χ3n) is 3.62. The fourth-order valence-electron chi connectivity index (χ4n) is 2.39. The SMILES string of the molecule is COCOc1cc(OCOC)c(C2(N=[N+]=[N-])CCC2)cc1F. The first-order valence-electron chi connectivity index (χ1n) is 6.80. The molecule has 0 bridgehead atoms. The van der Waals surface area contributed by atoms with Crippen molar-refractivity contribution in [3.8, 4) is 11.5 Å². The van der Waals surface area contributed by atoms with E-state index in [1.807, 2.05) is 0 Å². The fraction of sp³-hybridized carbons (Fsp3) is 0.571. The molecule has 0 aliphatic heterocycles. The number of benzene rings is 1. The van der Waals surface area contributed by atoms with Crippen LogP contribution in [0.1, 0.15) is 24.8 Å². The van der Waals surface area contributed by atoms with E-state index in [4.69, 9.17) is 24.5 Å². The number of azide groups is 1. The second-order valence-electron chi connectivity index (χ2n) is 4.96. The molecule has 1 aliphatic rings. The summed E-state index contributed by atoms with van der Waals surface area (Å²) in [6, 6.07) is 2.72. The highest BCUT2D eigenvalue weighted by atomic mass is 19.1. The molecule has 1 aromatic rings. The van der Waals surface area contributed by atoms with Crippen molar-refractivity contribution in [2.45, 2.75) is 24.8 Å². The first kappa shape index (κ1) is 16.4. The summed E-state index contributed by atoms with van der Waals surface area (Å²) < 4.78 is 34.5. The highest BCUT2D eigenvalue weighted by molar-refractivity contribution is 5.47. The van der Waals surface area contributed by atoms with E-state index in [9.17, 15) is 4.39 Å². The van der Waals surface area contributed by atoms with Gasteiger partial charge in [0.15, 0.2) is 25.2 Å². The van der Waals surface area contributed by atoms with Gasteiger partial charge in [-0.3, -0.25) is 0 Å². The van der Waals surface area contributed by atoms with Crippen LogP contribution in [-0.4, -0.2) is 27.8 Å². The van der Waals surface area contributed by atoms with Crippen LogP contribution in [-0.2, 0) is 15.0 Å². The molecule has 2 rings (SSSR count). The predicted molar refractivity (Wildman–Crippen MR) is 76.1 cm³/mol. The number of nitrogens with zero attached hydrogens (tertiary/aromatic N) is 3. The Morgan fingerprint density at radius 2 is 1.82 bits per heavy atom. The lowest BCUT2D eigenvalue weighted by Gasteiger charge is -2.38. The minimum Gasteiger partial charge on any atom is -0.467 e. The molecule has 0 amide bonds. The van der Waals surface area contributed by atoms with Crippen molar-refractivity contribution in [3.05, 3.63) is 34.0 Å². The van der Waals surface area contributed by atoms with Crippen LogP contribution in [0, 0.1) is 5.82 Å². The highest BCUT2D eigenvalue weighted by Gasteiger charge is 2.41. The Kier molecular flexibility index (Phi) is 5.43. The van der Waals surface area contributed by atoms with E-state index in [-0.39, 0.29) is 19.3 Å². The predicted octanol–water partition coefficient (Wildman–Crippen LogP) is 3.48. The largest absolute Gasteiger partial charge is 0.467 e. The van der Waals surface area contributed by atoms with Crippen molar-refractivity contribution < 1.29 is 23.3 Å². The standard InChI is InChI=1S/C14H18FN3O4/c1-19-8-21-12-7-13(22-9-20-2)11(15)6-10(12)14(17-18-16)4-3-5-14/h6-7H,3-5,8-9H2,1-2H3. The van der Waals surface area contributed by atoms with Crippen molar-refractivity contribution in [2.24, 2.45) is 5.11 Å². The van der Waals surface area contributed by atoms with Crippen LogP contribution in [0.5, 0.6) is 11.5 Å². The van der Waals surface area contributed by atoms with Gasteiger partial charge in [-0.25, -0.2) is 4.39 Å². The first-order valence-corrected chi connectivity index (χ1v) is 6.80. The van der Waals surface area contributed by atoms with Crippen LogP contribution in [0.25, 0.3) is 10.4 Å². The second kappa shape index (κ2) is 7.31. The van der Waals surface area contributed by atoms with Crippen molar-refractivity contribution in [3.63, 3.8) is 0 Å². The Bertz CT molecular complexity index is 571. The topological polar surface area (TPSA) is 85.7 Å². The molecule has 0 unspecified atom stereocenters. The number of hydrogen-bond acceptors (Lipinski definition) is 5. The second-order valence-corrected chi connectivity index (χ2v) is 4.96. The molecule has 0 heterocycles. The summed E-state index contributed by atoms with van der Waals surface area (Å²) in [6.07, 6.45) is 2.21. The van der Waals surface area contributed by atoms with E-state index in [0.29, 0.717) is 24.2 Å². The van der Waals surface area contributed by atoms with Crippen LogP contribution in [0.3, 0.4) is 0 Å². The van der Waals surface area contributed by atoms with Crippen molar-refractivity contribution in [1.29, 1.82) is 0 Å². The van der Waals surface area contributed by atoms with Gasteiger partial charge in [0.1, 0.15) is 5.75 Å². The molecule has 0 N–H and O–H groups in total. The molecule has 1 aromatic carbocycles. The lowest BCUT2D eigenvalue weighted by atomic mass is 9.72. The van der Waals surface area contributed by atoms with E-state index < -0.39 is 11.4 Å². The molecule has 22 heavy (non-hydrogen) atoms. The third-order valence-corrected chi connectivity index (χ3v) is 3.62. The maximum absolute atomic E-state index is 14.2. The Labute approximate surface area is 127 Å². The summed E-state index contributed by atoms with van der Waals surface area (Å²) in [7, 11) is 2.93. The Morgan fingerprint density at radius 1 is 1.18 bits per heavy atom.